The molecule has 0 bridgehead atoms. The highest BCUT2D eigenvalue weighted by Crippen LogP contribution is 2.33. The van der Waals surface area contributed by atoms with Gasteiger partial charge in [0.1, 0.15) is 0 Å². The van der Waals surface area contributed by atoms with Crippen LogP contribution in [0.3, 0.4) is 0 Å². The molecule has 30 heavy (non-hydrogen) atoms. The molecule has 0 heterocycles. The summed E-state index contributed by atoms with van der Waals surface area (Å²) in [6.07, 6.45) is 3.03. The van der Waals surface area contributed by atoms with Crippen molar-refractivity contribution in [2.45, 2.75) is 4.90 Å². The van der Waals surface area contributed by atoms with Gasteiger partial charge in [0.2, 0.25) is 0 Å². The van der Waals surface area contributed by atoms with E-state index in [0.717, 1.165) is 28.7 Å². The van der Waals surface area contributed by atoms with Crippen molar-refractivity contribution in [3.05, 3.63) is 115 Å². The number of hydrogen-bond donors (Lipinski definition) is 1. The molecule has 4 rings (SSSR count). The molecule has 4 aromatic rings. The standard InChI is InChI=1S/C27H24NPS/c30-27-17-8-7-16-26(27)23-11-9-10-22(20-23)21-28-18-19-29(24-12-3-1-4-13-24)25-14-5-2-6-15-25/h1-17,20-21,30H,18-19H2. The predicted molar refractivity (Wildman–Crippen MR) is 136 cm³/mol. The van der Waals surface area contributed by atoms with Crippen LogP contribution in [0.5, 0.6) is 0 Å². The highest BCUT2D eigenvalue weighted by molar-refractivity contribution is 7.80. The van der Waals surface area contributed by atoms with E-state index in [0.29, 0.717) is 0 Å². The van der Waals surface area contributed by atoms with Crippen LogP contribution in [0.15, 0.2) is 119 Å². The molecule has 0 saturated heterocycles. The van der Waals surface area contributed by atoms with Crippen molar-refractivity contribution in [1.29, 1.82) is 0 Å². The van der Waals surface area contributed by atoms with E-state index in [1.807, 2.05) is 24.4 Å². The van der Waals surface area contributed by atoms with Crippen LogP contribution in [0.2, 0.25) is 0 Å². The van der Waals surface area contributed by atoms with Crippen molar-refractivity contribution >= 4 is 37.4 Å². The van der Waals surface area contributed by atoms with Crippen LogP contribution in [-0.4, -0.2) is 18.9 Å². The van der Waals surface area contributed by atoms with Gasteiger partial charge in [-0.25, -0.2) is 0 Å². The fraction of sp³-hybridized carbons (Fsp3) is 0.0741. The van der Waals surface area contributed by atoms with Crippen molar-refractivity contribution in [3.8, 4) is 11.1 Å². The minimum absolute atomic E-state index is 0.402. The Labute approximate surface area is 185 Å². The van der Waals surface area contributed by atoms with Crippen molar-refractivity contribution in [2.24, 2.45) is 4.99 Å². The molecule has 0 spiro atoms. The molecular formula is C27H24NPS. The molecule has 148 valence electrons. The van der Waals surface area contributed by atoms with Gasteiger partial charge in [-0.3, -0.25) is 4.99 Å². The number of rotatable bonds is 7. The van der Waals surface area contributed by atoms with Crippen molar-refractivity contribution < 1.29 is 0 Å². The summed E-state index contributed by atoms with van der Waals surface area (Å²) in [7, 11) is -0.402. The Kier molecular flexibility index (Phi) is 7.13. The first kappa shape index (κ1) is 20.6. The van der Waals surface area contributed by atoms with Crippen LogP contribution in [0.25, 0.3) is 11.1 Å². The van der Waals surface area contributed by atoms with E-state index in [4.69, 9.17) is 4.99 Å². The van der Waals surface area contributed by atoms with Crippen LogP contribution in [0, 0.1) is 0 Å². The SMILES string of the molecule is Sc1ccccc1-c1cccc(C=NCCP(c2ccccc2)c2ccccc2)c1. The Morgan fingerprint density at radius 3 is 2.00 bits per heavy atom. The Morgan fingerprint density at radius 1 is 0.700 bits per heavy atom. The summed E-state index contributed by atoms with van der Waals surface area (Å²) >= 11 is 4.59. The smallest absolute Gasteiger partial charge is 0.0434 e. The fourth-order valence-electron chi connectivity index (χ4n) is 3.46. The van der Waals surface area contributed by atoms with Crippen LogP contribution in [0.1, 0.15) is 5.56 Å². The molecule has 0 amide bonds. The third kappa shape index (κ3) is 5.27. The van der Waals surface area contributed by atoms with E-state index >= 15 is 0 Å². The number of aliphatic imine (C=N–C) groups is 1. The molecule has 0 fully saturated rings. The maximum absolute atomic E-state index is 4.76. The number of nitrogens with zero attached hydrogens (tertiary/aromatic N) is 1. The van der Waals surface area contributed by atoms with E-state index in [1.54, 1.807) is 0 Å². The minimum Gasteiger partial charge on any atom is -0.292 e. The lowest BCUT2D eigenvalue weighted by Gasteiger charge is -2.17. The molecule has 0 unspecified atom stereocenters. The highest BCUT2D eigenvalue weighted by atomic mass is 32.1. The van der Waals surface area contributed by atoms with E-state index in [-0.39, 0.29) is 0 Å². The van der Waals surface area contributed by atoms with Crippen molar-refractivity contribution in [1.82, 2.24) is 0 Å². The van der Waals surface area contributed by atoms with Crippen molar-refractivity contribution in [3.63, 3.8) is 0 Å². The summed E-state index contributed by atoms with van der Waals surface area (Å²) in [4.78, 5) is 5.75. The third-order valence-corrected chi connectivity index (χ3v) is 7.81. The lowest BCUT2D eigenvalue weighted by atomic mass is 10.0. The van der Waals surface area contributed by atoms with Gasteiger partial charge in [0, 0.05) is 17.7 Å². The summed E-state index contributed by atoms with van der Waals surface area (Å²) in [6, 6.07) is 38.3. The van der Waals surface area contributed by atoms with E-state index in [1.165, 1.54) is 16.2 Å². The summed E-state index contributed by atoms with van der Waals surface area (Å²) in [5, 5.41) is 2.81. The zero-order valence-electron chi connectivity index (χ0n) is 16.7. The molecule has 0 aliphatic heterocycles. The van der Waals surface area contributed by atoms with Crippen LogP contribution in [-0.2, 0) is 0 Å². The quantitative estimate of drug-likeness (QED) is 0.206. The van der Waals surface area contributed by atoms with Gasteiger partial charge in [-0.2, -0.15) is 0 Å². The Morgan fingerprint density at radius 2 is 1.33 bits per heavy atom. The van der Waals surface area contributed by atoms with E-state index in [9.17, 15) is 0 Å². The second-order valence-corrected chi connectivity index (χ2v) is 9.82. The topological polar surface area (TPSA) is 12.4 Å². The van der Waals surface area contributed by atoms with Gasteiger partial charge in [0.05, 0.1) is 0 Å². The minimum atomic E-state index is -0.402. The monoisotopic (exact) mass is 425 g/mol. The van der Waals surface area contributed by atoms with Crippen LogP contribution < -0.4 is 10.6 Å². The zero-order chi connectivity index (χ0) is 20.6. The Hall–Kier alpha value is -2.67. The second kappa shape index (κ2) is 10.4. The van der Waals surface area contributed by atoms with Gasteiger partial charge < -0.3 is 0 Å². The van der Waals surface area contributed by atoms with Gasteiger partial charge in [-0.05, 0) is 53.5 Å². The van der Waals surface area contributed by atoms with Gasteiger partial charge in [0.25, 0.3) is 0 Å². The average molecular weight is 426 g/mol. The molecule has 0 saturated carbocycles. The summed E-state index contributed by atoms with van der Waals surface area (Å²) in [5.41, 5.74) is 3.43. The Balaban J connectivity index is 1.47. The largest absolute Gasteiger partial charge is 0.292 e. The number of thiol groups is 1. The first-order valence-corrected chi connectivity index (χ1v) is 12.0. The molecule has 0 aromatic heterocycles. The van der Waals surface area contributed by atoms with Gasteiger partial charge in [-0.1, -0.05) is 97.1 Å². The predicted octanol–water partition coefficient (Wildman–Crippen LogP) is 6.19. The summed E-state index contributed by atoms with van der Waals surface area (Å²) in [6.45, 7) is 0.808. The first-order valence-electron chi connectivity index (χ1n) is 10.1. The molecule has 0 radical (unpaired) electrons. The molecule has 0 atom stereocenters. The maximum Gasteiger partial charge on any atom is 0.0434 e. The maximum atomic E-state index is 4.76. The number of benzene rings is 4. The summed E-state index contributed by atoms with van der Waals surface area (Å²) < 4.78 is 0. The molecule has 0 N–H and O–H groups in total. The molecule has 3 heteroatoms. The van der Waals surface area contributed by atoms with Crippen LogP contribution >= 0.6 is 20.6 Å². The van der Waals surface area contributed by atoms with Crippen molar-refractivity contribution in [2.75, 3.05) is 12.7 Å². The van der Waals surface area contributed by atoms with E-state index < -0.39 is 7.92 Å². The number of hydrogen-bond acceptors (Lipinski definition) is 2. The molecule has 0 aliphatic carbocycles. The van der Waals surface area contributed by atoms with Crippen LogP contribution in [0.4, 0.5) is 0 Å². The molecular weight excluding hydrogens is 401 g/mol. The molecule has 4 aromatic carbocycles. The molecule has 1 nitrogen and oxygen atoms in total. The lowest BCUT2D eigenvalue weighted by molar-refractivity contribution is 1.15. The third-order valence-electron chi connectivity index (χ3n) is 4.93. The highest BCUT2D eigenvalue weighted by Gasteiger charge is 2.12. The fourth-order valence-corrected chi connectivity index (χ4v) is 5.94. The molecule has 0 aliphatic rings. The average Bonchev–Trinajstić information content (AvgIpc) is 2.81. The Bertz CT molecular complexity index is 1070. The van der Waals surface area contributed by atoms with Gasteiger partial charge in [-0.15, -0.1) is 12.6 Å². The van der Waals surface area contributed by atoms with Gasteiger partial charge >= 0.3 is 0 Å². The normalized spacial score (nSPS) is 11.3. The van der Waals surface area contributed by atoms with E-state index in [2.05, 4.69) is 104 Å². The zero-order valence-corrected chi connectivity index (χ0v) is 18.5. The van der Waals surface area contributed by atoms with Gasteiger partial charge in [0.15, 0.2) is 0 Å². The summed E-state index contributed by atoms with van der Waals surface area (Å²) in [5.74, 6) is 0. The first-order chi connectivity index (χ1) is 14.8. The lowest BCUT2D eigenvalue weighted by Crippen LogP contribution is -2.15. The second-order valence-electron chi connectivity index (χ2n) is 7.00.